The minimum absolute atomic E-state index is 0.120. The van der Waals surface area contributed by atoms with Gasteiger partial charge >= 0.3 is 0 Å². The Labute approximate surface area is 66.7 Å². The second-order valence-electron chi connectivity index (χ2n) is 2.95. The van der Waals surface area contributed by atoms with Crippen LogP contribution < -0.4 is 11.1 Å². The average molecular weight is 160 g/mol. The lowest BCUT2D eigenvalue weighted by Gasteiger charge is -2.31. The Morgan fingerprint density at radius 1 is 1.64 bits per heavy atom. The van der Waals surface area contributed by atoms with E-state index in [4.69, 9.17) is 10.5 Å². The van der Waals surface area contributed by atoms with Crippen LogP contribution in [0.1, 0.15) is 12.8 Å². The third-order valence-corrected chi connectivity index (χ3v) is 1.95. The van der Waals surface area contributed by atoms with Gasteiger partial charge in [0.15, 0.2) is 6.29 Å². The van der Waals surface area contributed by atoms with Gasteiger partial charge in [-0.05, 0) is 19.9 Å². The summed E-state index contributed by atoms with van der Waals surface area (Å²) in [6.07, 6.45) is 1.11. The van der Waals surface area contributed by atoms with E-state index in [-0.39, 0.29) is 12.1 Å². The van der Waals surface area contributed by atoms with Crippen LogP contribution in [0.5, 0.6) is 0 Å². The molecule has 1 heterocycles. The van der Waals surface area contributed by atoms with Crippen molar-refractivity contribution in [3.8, 4) is 0 Å². The van der Waals surface area contributed by atoms with Crippen LogP contribution in [-0.4, -0.2) is 37.1 Å². The fourth-order valence-corrected chi connectivity index (χ4v) is 1.26. The molecule has 3 atom stereocenters. The summed E-state index contributed by atoms with van der Waals surface area (Å²) in [5.74, 6) is 0. The molecule has 0 aromatic carbocycles. The molecule has 1 aliphatic rings. The summed E-state index contributed by atoms with van der Waals surface area (Å²) < 4.78 is 5.21. The van der Waals surface area contributed by atoms with Crippen LogP contribution >= 0.6 is 0 Å². The number of nitrogens with two attached hydrogens (primary N) is 1. The van der Waals surface area contributed by atoms with Gasteiger partial charge < -0.3 is 20.9 Å². The summed E-state index contributed by atoms with van der Waals surface area (Å²) in [5.41, 5.74) is 5.54. The van der Waals surface area contributed by atoms with Crippen molar-refractivity contribution in [1.82, 2.24) is 5.32 Å². The third kappa shape index (κ3) is 2.41. The Kier molecular flexibility index (Phi) is 3.26. The normalized spacial score (nSPS) is 39.0. The number of likely N-dealkylation sites (N-methyl/N-ethyl adjacent to an activating group) is 1. The van der Waals surface area contributed by atoms with Crippen LogP contribution in [-0.2, 0) is 4.74 Å². The smallest absolute Gasteiger partial charge is 0.170 e. The number of aliphatic hydroxyl groups is 1. The Bertz CT molecular complexity index is 121. The van der Waals surface area contributed by atoms with Gasteiger partial charge in [0.25, 0.3) is 0 Å². The predicted octanol–water partition coefficient (Wildman–Crippen LogP) is -0.969. The quantitative estimate of drug-likeness (QED) is 0.486. The zero-order chi connectivity index (χ0) is 8.27. The maximum atomic E-state index is 9.20. The van der Waals surface area contributed by atoms with Crippen LogP contribution in [0.3, 0.4) is 0 Å². The van der Waals surface area contributed by atoms with Crippen molar-refractivity contribution in [3.05, 3.63) is 0 Å². The van der Waals surface area contributed by atoms with Gasteiger partial charge in [-0.3, -0.25) is 0 Å². The zero-order valence-electron chi connectivity index (χ0n) is 6.79. The van der Waals surface area contributed by atoms with E-state index < -0.39 is 6.29 Å². The van der Waals surface area contributed by atoms with Crippen LogP contribution in [0.15, 0.2) is 0 Å². The first-order valence-corrected chi connectivity index (χ1v) is 3.97. The molecule has 11 heavy (non-hydrogen) atoms. The molecular weight excluding hydrogens is 144 g/mol. The highest BCUT2D eigenvalue weighted by Crippen LogP contribution is 2.15. The predicted molar refractivity (Wildman–Crippen MR) is 42.0 cm³/mol. The van der Waals surface area contributed by atoms with Crippen LogP contribution in [0.4, 0.5) is 0 Å². The first kappa shape index (κ1) is 8.93. The molecule has 1 aliphatic heterocycles. The number of hydrogen-bond acceptors (Lipinski definition) is 4. The molecule has 66 valence electrons. The topological polar surface area (TPSA) is 67.5 Å². The molecule has 0 amide bonds. The van der Waals surface area contributed by atoms with Crippen LogP contribution in [0.2, 0.25) is 0 Å². The lowest BCUT2D eigenvalue weighted by molar-refractivity contribution is -0.170. The zero-order valence-corrected chi connectivity index (χ0v) is 6.79. The van der Waals surface area contributed by atoms with E-state index >= 15 is 0 Å². The molecule has 4 nitrogen and oxygen atoms in total. The number of rotatable bonds is 2. The molecule has 1 saturated heterocycles. The fourth-order valence-electron chi connectivity index (χ4n) is 1.26. The van der Waals surface area contributed by atoms with E-state index in [2.05, 4.69) is 5.32 Å². The van der Waals surface area contributed by atoms with Gasteiger partial charge in [-0.1, -0.05) is 0 Å². The van der Waals surface area contributed by atoms with Crippen molar-refractivity contribution in [3.63, 3.8) is 0 Å². The van der Waals surface area contributed by atoms with Gasteiger partial charge in [-0.2, -0.15) is 0 Å². The van der Waals surface area contributed by atoms with Gasteiger partial charge in [-0.15, -0.1) is 0 Å². The van der Waals surface area contributed by atoms with E-state index in [1.807, 2.05) is 7.05 Å². The van der Waals surface area contributed by atoms with Crippen molar-refractivity contribution >= 4 is 0 Å². The van der Waals surface area contributed by atoms with E-state index in [0.29, 0.717) is 0 Å². The summed E-state index contributed by atoms with van der Waals surface area (Å²) in [7, 11) is 1.87. The monoisotopic (exact) mass is 160 g/mol. The molecule has 4 N–H and O–H groups in total. The number of ether oxygens (including phenoxy) is 1. The summed E-state index contributed by atoms with van der Waals surface area (Å²) >= 11 is 0. The summed E-state index contributed by atoms with van der Waals surface area (Å²) in [6, 6.07) is -0.205. The lowest BCUT2D eigenvalue weighted by atomic mass is 10.0. The highest BCUT2D eigenvalue weighted by atomic mass is 16.6. The van der Waals surface area contributed by atoms with E-state index in [0.717, 1.165) is 19.4 Å². The van der Waals surface area contributed by atoms with Crippen molar-refractivity contribution in [1.29, 1.82) is 0 Å². The minimum atomic E-state index is -0.776. The van der Waals surface area contributed by atoms with Gasteiger partial charge in [0.05, 0.1) is 12.1 Å². The van der Waals surface area contributed by atoms with Crippen LogP contribution in [0.25, 0.3) is 0 Å². The number of aliphatic hydroxyl groups excluding tert-OH is 1. The Morgan fingerprint density at radius 3 is 2.91 bits per heavy atom. The van der Waals surface area contributed by atoms with Crippen molar-refractivity contribution in [2.75, 3.05) is 13.6 Å². The summed E-state index contributed by atoms with van der Waals surface area (Å²) in [5, 5.41) is 12.2. The number of hydrogen-bond donors (Lipinski definition) is 3. The molecule has 1 fully saturated rings. The Balaban J connectivity index is 2.28. The van der Waals surface area contributed by atoms with Crippen molar-refractivity contribution in [2.24, 2.45) is 5.73 Å². The largest absolute Gasteiger partial charge is 0.367 e. The molecule has 4 heteroatoms. The molecule has 0 aromatic rings. The van der Waals surface area contributed by atoms with Gasteiger partial charge in [0, 0.05) is 6.54 Å². The molecule has 1 rings (SSSR count). The molecule has 0 radical (unpaired) electrons. The maximum absolute atomic E-state index is 9.20. The molecule has 0 bridgehead atoms. The average Bonchev–Trinajstić information content (AvgIpc) is 1.98. The summed E-state index contributed by atoms with van der Waals surface area (Å²) in [4.78, 5) is 0. The van der Waals surface area contributed by atoms with Crippen LogP contribution in [0, 0.1) is 0 Å². The van der Waals surface area contributed by atoms with E-state index in [1.165, 1.54) is 0 Å². The number of nitrogens with one attached hydrogen (secondary N) is 1. The first-order valence-electron chi connectivity index (χ1n) is 3.97. The minimum Gasteiger partial charge on any atom is -0.367 e. The maximum Gasteiger partial charge on any atom is 0.170 e. The van der Waals surface area contributed by atoms with Crippen molar-refractivity contribution < 1.29 is 9.84 Å². The van der Waals surface area contributed by atoms with Gasteiger partial charge in [-0.25, -0.2) is 0 Å². The molecule has 0 aliphatic carbocycles. The Morgan fingerprint density at radius 2 is 2.36 bits per heavy atom. The first-order chi connectivity index (χ1) is 5.24. The van der Waals surface area contributed by atoms with E-state index in [1.54, 1.807) is 0 Å². The molecule has 0 aromatic heterocycles. The SMILES string of the molecule is CNC[C@@H]1CC[C@@H](N)[C@H](O)O1. The van der Waals surface area contributed by atoms with Crippen molar-refractivity contribution in [2.45, 2.75) is 31.3 Å². The summed E-state index contributed by atoms with van der Waals surface area (Å²) in [6.45, 7) is 0.782. The van der Waals surface area contributed by atoms with E-state index in [9.17, 15) is 5.11 Å². The highest BCUT2D eigenvalue weighted by Gasteiger charge is 2.26. The second kappa shape index (κ2) is 4.01. The molecule has 0 spiro atoms. The third-order valence-electron chi connectivity index (χ3n) is 1.95. The lowest BCUT2D eigenvalue weighted by Crippen LogP contribution is -2.46. The highest BCUT2D eigenvalue weighted by molar-refractivity contribution is 4.75. The van der Waals surface area contributed by atoms with Gasteiger partial charge in [0.1, 0.15) is 0 Å². The fraction of sp³-hybridized carbons (Fsp3) is 1.00. The van der Waals surface area contributed by atoms with Gasteiger partial charge in [0.2, 0.25) is 0 Å². The molecule has 0 saturated carbocycles. The molecule has 0 unspecified atom stereocenters. The molecular formula is C7H16N2O2. The standard InChI is InChI=1S/C7H16N2O2/c1-9-4-5-2-3-6(8)7(10)11-5/h5-7,9-10H,2-4,8H2,1H3/t5-,6+,7+/m0/s1. The second-order valence-corrected chi connectivity index (χ2v) is 2.95. The Hall–Kier alpha value is -0.160.